The molecular weight excluding hydrogens is 536 g/mol. The van der Waals surface area contributed by atoms with Gasteiger partial charge in [0.2, 0.25) is 0 Å². The van der Waals surface area contributed by atoms with Crippen molar-refractivity contribution in [2.45, 2.75) is 23.6 Å². The van der Waals surface area contributed by atoms with Crippen LogP contribution in [0, 0.1) is 13.8 Å². The van der Waals surface area contributed by atoms with Crippen molar-refractivity contribution in [3.05, 3.63) is 107 Å². The fraction of sp³-hybridized carbons (Fsp3) is 0.138. The maximum Gasteiger partial charge on any atom is 0.339 e. The highest BCUT2D eigenvalue weighted by atomic mass is 32.2. The maximum absolute atomic E-state index is 13.1. The summed E-state index contributed by atoms with van der Waals surface area (Å²) in [6, 6.07) is 22.7. The molecule has 1 aliphatic carbocycles. The fourth-order valence-corrected chi connectivity index (χ4v) is 6.12. The second-order valence-electron chi connectivity index (χ2n) is 9.41. The van der Waals surface area contributed by atoms with Gasteiger partial charge >= 0.3 is 20.2 Å². The molecule has 5 rings (SSSR count). The zero-order chi connectivity index (χ0) is 27.9. The van der Waals surface area contributed by atoms with Crippen LogP contribution in [0.3, 0.4) is 0 Å². The first-order valence-corrected chi connectivity index (χ1v) is 14.8. The molecule has 0 amide bonds. The van der Waals surface area contributed by atoms with E-state index in [0.29, 0.717) is 16.8 Å². The lowest BCUT2D eigenvalue weighted by Gasteiger charge is -2.11. The van der Waals surface area contributed by atoms with Crippen molar-refractivity contribution >= 4 is 25.9 Å². The molecule has 200 valence electrons. The molecule has 0 atom stereocenters. The Morgan fingerprint density at radius 1 is 0.564 bits per heavy atom. The molecular formula is C29H26N2O6S2. The predicted molar refractivity (Wildman–Crippen MR) is 149 cm³/mol. The van der Waals surface area contributed by atoms with Gasteiger partial charge in [-0.15, -0.1) is 0 Å². The van der Waals surface area contributed by atoms with E-state index < -0.39 is 20.2 Å². The van der Waals surface area contributed by atoms with Crippen LogP contribution in [0.2, 0.25) is 0 Å². The van der Waals surface area contributed by atoms with Crippen LogP contribution in [0.25, 0.3) is 11.1 Å². The van der Waals surface area contributed by atoms with Gasteiger partial charge in [-0.3, -0.25) is 0 Å². The summed E-state index contributed by atoms with van der Waals surface area (Å²) in [5.41, 5.74) is 4.93. The summed E-state index contributed by atoms with van der Waals surface area (Å²) < 4.78 is 63.1. The van der Waals surface area contributed by atoms with Crippen LogP contribution in [-0.2, 0) is 20.2 Å². The molecule has 0 aliphatic heterocycles. The molecule has 4 aromatic rings. The second kappa shape index (κ2) is 9.87. The molecule has 0 N–H and O–H groups in total. The van der Waals surface area contributed by atoms with Crippen molar-refractivity contribution in [3.63, 3.8) is 0 Å². The van der Waals surface area contributed by atoms with Gasteiger partial charge in [0.15, 0.2) is 0 Å². The van der Waals surface area contributed by atoms with Crippen molar-refractivity contribution in [2.24, 2.45) is 5.10 Å². The molecule has 39 heavy (non-hydrogen) atoms. The molecule has 1 aliphatic rings. The van der Waals surface area contributed by atoms with Gasteiger partial charge < -0.3 is 13.4 Å². The predicted octanol–water partition coefficient (Wildman–Crippen LogP) is 5.13. The van der Waals surface area contributed by atoms with Gasteiger partial charge in [0.25, 0.3) is 0 Å². The minimum atomic E-state index is -4.14. The summed E-state index contributed by atoms with van der Waals surface area (Å²) in [6.07, 6.45) is 0. The SMILES string of the molecule is Cc1ccc(OS(=O)(=O)c2ccc3c(c2)C(=NN(C)C)c2cc(S(=O)(=O)Oc4ccc(C)cc4)ccc2-3)cc1. The number of rotatable bonds is 7. The first-order chi connectivity index (χ1) is 18.4. The van der Waals surface area contributed by atoms with Crippen molar-refractivity contribution in [1.29, 1.82) is 0 Å². The Balaban J connectivity index is 1.54. The van der Waals surface area contributed by atoms with Crippen LogP contribution < -0.4 is 8.37 Å². The van der Waals surface area contributed by atoms with Gasteiger partial charge in [-0.1, -0.05) is 47.5 Å². The molecule has 0 fully saturated rings. The molecule has 10 heteroatoms. The minimum absolute atomic E-state index is 0.0448. The number of nitrogens with zero attached hydrogens (tertiary/aromatic N) is 2. The van der Waals surface area contributed by atoms with Gasteiger partial charge in [0, 0.05) is 25.2 Å². The third-order valence-electron chi connectivity index (χ3n) is 6.11. The van der Waals surface area contributed by atoms with Crippen molar-refractivity contribution in [1.82, 2.24) is 5.01 Å². The number of hydrazone groups is 1. The maximum atomic E-state index is 13.1. The van der Waals surface area contributed by atoms with Crippen LogP contribution in [0.15, 0.2) is 99.8 Å². The van der Waals surface area contributed by atoms with E-state index in [4.69, 9.17) is 8.37 Å². The van der Waals surface area contributed by atoms with Crippen LogP contribution in [-0.4, -0.2) is 41.7 Å². The summed E-state index contributed by atoms with van der Waals surface area (Å²) in [5.74, 6) is 0.407. The third-order valence-corrected chi connectivity index (χ3v) is 8.60. The Labute approximate surface area is 228 Å². The lowest BCUT2D eigenvalue weighted by molar-refractivity contribution is 0.438. The zero-order valence-electron chi connectivity index (χ0n) is 21.7. The van der Waals surface area contributed by atoms with Crippen LogP contribution in [0.5, 0.6) is 11.5 Å². The van der Waals surface area contributed by atoms with Gasteiger partial charge in [-0.25, -0.2) is 0 Å². The molecule has 4 aromatic carbocycles. The number of hydrogen-bond donors (Lipinski definition) is 0. The fourth-order valence-electron chi connectivity index (χ4n) is 4.21. The van der Waals surface area contributed by atoms with E-state index in [9.17, 15) is 16.8 Å². The van der Waals surface area contributed by atoms with Crippen molar-refractivity contribution in [2.75, 3.05) is 14.1 Å². The third kappa shape index (κ3) is 5.39. The molecule has 0 aromatic heterocycles. The smallest absolute Gasteiger partial charge is 0.339 e. The average Bonchev–Trinajstić information content (AvgIpc) is 3.18. The molecule has 0 heterocycles. The lowest BCUT2D eigenvalue weighted by Crippen LogP contribution is -2.13. The highest BCUT2D eigenvalue weighted by Gasteiger charge is 2.30. The summed E-state index contributed by atoms with van der Waals surface area (Å²) in [4.78, 5) is -0.0896. The quantitative estimate of drug-likeness (QED) is 0.200. The van der Waals surface area contributed by atoms with Gasteiger partial charge in [-0.05, 0) is 73.5 Å². The highest BCUT2D eigenvalue weighted by molar-refractivity contribution is 7.87. The topological polar surface area (TPSA) is 102 Å². The molecule has 0 saturated heterocycles. The summed E-state index contributed by atoms with van der Waals surface area (Å²) in [7, 11) is -4.82. The molecule has 8 nitrogen and oxygen atoms in total. The van der Waals surface area contributed by atoms with E-state index in [-0.39, 0.29) is 21.3 Å². The normalized spacial score (nSPS) is 12.5. The van der Waals surface area contributed by atoms with Crippen LogP contribution >= 0.6 is 0 Å². The van der Waals surface area contributed by atoms with E-state index in [1.54, 1.807) is 79.8 Å². The first kappa shape index (κ1) is 26.5. The van der Waals surface area contributed by atoms with E-state index in [1.807, 2.05) is 13.8 Å². The minimum Gasteiger partial charge on any atom is -0.379 e. The number of hydrogen-bond acceptors (Lipinski definition) is 8. The molecule has 0 saturated carbocycles. The van der Waals surface area contributed by atoms with E-state index in [0.717, 1.165) is 22.3 Å². The zero-order valence-corrected chi connectivity index (χ0v) is 23.4. The van der Waals surface area contributed by atoms with Gasteiger partial charge in [-0.2, -0.15) is 21.9 Å². The molecule has 0 spiro atoms. The summed E-state index contributed by atoms with van der Waals surface area (Å²) in [5, 5.41) is 6.14. The van der Waals surface area contributed by atoms with E-state index >= 15 is 0 Å². The molecule has 0 bridgehead atoms. The molecule has 0 radical (unpaired) electrons. The Morgan fingerprint density at radius 3 is 1.31 bits per heavy atom. The number of aryl methyl sites for hydroxylation is 2. The van der Waals surface area contributed by atoms with E-state index in [2.05, 4.69) is 5.10 Å². The van der Waals surface area contributed by atoms with Gasteiger partial charge in [0.1, 0.15) is 21.3 Å². The van der Waals surface area contributed by atoms with Crippen molar-refractivity contribution < 1.29 is 25.2 Å². The van der Waals surface area contributed by atoms with E-state index in [1.165, 1.54) is 24.3 Å². The monoisotopic (exact) mass is 562 g/mol. The lowest BCUT2D eigenvalue weighted by atomic mass is 10.1. The standard InChI is InChI=1S/C29H26N2O6S2/c1-19-5-9-21(10-6-19)36-38(32,33)23-13-15-25-26-16-14-24(18-28(26)29(27(25)17-23)30-31(3)4)39(34,35)37-22-11-7-20(2)8-12-22/h5-18H,1-4H3. The average molecular weight is 563 g/mol. The number of benzene rings is 4. The second-order valence-corrected chi connectivity index (χ2v) is 12.5. The summed E-state index contributed by atoms with van der Waals surface area (Å²) in [6.45, 7) is 3.79. The summed E-state index contributed by atoms with van der Waals surface area (Å²) >= 11 is 0. The Morgan fingerprint density at radius 2 is 0.949 bits per heavy atom. The Bertz CT molecular complexity index is 1680. The largest absolute Gasteiger partial charge is 0.379 e. The first-order valence-electron chi connectivity index (χ1n) is 12.0. The molecule has 0 unspecified atom stereocenters. The number of fused-ring (bicyclic) bond motifs is 3. The Hall–Kier alpha value is -4.15. The van der Waals surface area contributed by atoms with Crippen LogP contribution in [0.1, 0.15) is 22.3 Å². The Kier molecular flexibility index (Phi) is 6.69. The highest BCUT2D eigenvalue weighted by Crippen LogP contribution is 2.40. The van der Waals surface area contributed by atoms with Crippen molar-refractivity contribution in [3.8, 4) is 22.6 Å². The van der Waals surface area contributed by atoms with Crippen LogP contribution in [0.4, 0.5) is 0 Å². The van der Waals surface area contributed by atoms with Gasteiger partial charge in [0.05, 0.1) is 5.71 Å².